The monoisotopic (exact) mass is 238 g/mol. The van der Waals surface area contributed by atoms with E-state index in [4.69, 9.17) is 4.74 Å². The predicted octanol–water partition coefficient (Wildman–Crippen LogP) is 1.99. The maximum atomic E-state index is 11.5. The minimum Gasteiger partial charge on any atom is -0.465 e. The summed E-state index contributed by atoms with van der Waals surface area (Å²) in [4.78, 5) is 11.5. The van der Waals surface area contributed by atoms with Crippen LogP contribution in [0.1, 0.15) is 26.7 Å². The number of hydrogen-bond acceptors (Lipinski definition) is 2. The Labute approximate surface area is 105 Å². The zero-order chi connectivity index (χ0) is 13.1. The van der Waals surface area contributed by atoms with Crippen molar-refractivity contribution in [2.24, 2.45) is 0 Å². The van der Waals surface area contributed by atoms with E-state index in [0.717, 1.165) is 25.9 Å². The van der Waals surface area contributed by atoms with Gasteiger partial charge >= 0.3 is 5.97 Å². The third-order valence-electron chi connectivity index (χ3n) is 2.71. The van der Waals surface area contributed by atoms with Crippen LogP contribution in [0.25, 0.3) is 0 Å². The van der Waals surface area contributed by atoms with Crippen LogP contribution in [0, 0.1) is 11.8 Å². The summed E-state index contributed by atoms with van der Waals surface area (Å²) < 4.78 is 5.48. The molecule has 0 bridgehead atoms. The Kier molecular flexibility index (Phi) is 8.17. The first kappa shape index (κ1) is 15.7. The number of ether oxygens (including phenoxy) is 1. The van der Waals surface area contributed by atoms with Gasteiger partial charge in [-0.2, -0.15) is 0 Å². The van der Waals surface area contributed by atoms with Gasteiger partial charge in [0.05, 0.1) is 20.2 Å². The largest absolute Gasteiger partial charge is 0.465 e. The number of rotatable bonds is 7. The lowest BCUT2D eigenvalue weighted by Crippen LogP contribution is -2.52. The summed E-state index contributed by atoms with van der Waals surface area (Å²) in [7, 11) is 1.43. The molecule has 0 aromatic heterocycles. The molecule has 0 aromatic rings. The predicted molar refractivity (Wildman–Crippen MR) is 70.3 cm³/mol. The van der Waals surface area contributed by atoms with Crippen LogP contribution >= 0.6 is 0 Å². The van der Waals surface area contributed by atoms with Crippen molar-refractivity contribution >= 4 is 5.97 Å². The maximum absolute atomic E-state index is 11.5. The highest BCUT2D eigenvalue weighted by Gasteiger charge is 2.28. The summed E-state index contributed by atoms with van der Waals surface area (Å²) in [5, 5.41) is 0. The average molecular weight is 238 g/mol. The average Bonchev–Trinajstić information content (AvgIpc) is 2.30. The lowest BCUT2D eigenvalue weighted by molar-refractivity contribution is -0.914. The van der Waals surface area contributed by atoms with Gasteiger partial charge in [0.2, 0.25) is 0 Å². The summed E-state index contributed by atoms with van der Waals surface area (Å²) in [5.41, 5.74) is 0. The first-order chi connectivity index (χ1) is 8.14. The lowest BCUT2D eigenvalue weighted by Gasteiger charge is -2.35. The molecule has 0 aliphatic heterocycles. The Hall–Kier alpha value is -1.27. The minimum absolute atomic E-state index is 0.160. The SMILES string of the molecule is C=CC#CC[N+](CCC)(CCC)CC(=O)OC. The third-order valence-corrected chi connectivity index (χ3v) is 2.71. The van der Waals surface area contributed by atoms with E-state index < -0.39 is 0 Å². The molecule has 0 spiro atoms. The first-order valence-electron chi connectivity index (χ1n) is 6.15. The van der Waals surface area contributed by atoms with Crippen LogP contribution in [0.5, 0.6) is 0 Å². The molecule has 0 radical (unpaired) electrons. The van der Waals surface area contributed by atoms with Crippen LogP contribution in [-0.2, 0) is 9.53 Å². The van der Waals surface area contributed by atoms with E-state index >= 15 is 0 Å². The number of nitrogens with zero attached hydrogens (tertiary/aromatic N) is 1. The molecule has 3 nitrogen and oxygen atoms in total. The smallest absolute Gasteiger partial charge is 0.361 e. The van der Waals surface area contributed by atoms with Gasteiger partial charge in [-0.25, -0.2) is 4.79 Å². The summed E-state index contributed by atoms with van der Waals surface area (Å²) in [5.74, 6) is 5.77. The Morgan fingerprint density at radius 3 is 2.35 bits per heavy atom. The molecule has 0 atom stereocenters. The van der Waals surface area contributed by atoms with Gasteiger partial charge in [-0.15, -0.1) is 0 Å². The molecule has 0 saturated carbocycles. The second kappa shape index (κ2) is 8.83. The molecule has 0 aliphatic rings. The van der Waals surface area contributed by atoms with Crippen LogP contribution in [0.4, 0.5) is 0 Å². The van der Waals surface area contributed by atoms with Crippen LogP contribution in [-0.4, -0.2) is 43.7 Å². The van der Waals surface area contributed by atoms with Crippen LogP contribution in [0.3, 0.4) is 0 Å². The van der Waals surface area contributed by atoms with Gasteiger partial charge in [0, 0.05) is 0 Å². The van der Waals surface area contributed by atoms with Crippen LogP contribution in [0.2, 0.25) is 0 Å². The van der Waals surface area contributed by atoms with E-state index in [1.54, 1.807) is 6.08 Å². The topological polar surface area (TPSA) is 26.3 Å². The van der Waals surface area contributed by atoms with Crippen LogP contribution < -0.4 is 0 Å². The molecule has 0 aliphatic carbocycles. The normalized spacial score (nSPS) is 10.3. The van der Waals surface area contributed by atoms with Gasteiger partial charge in [-0.3, -0.25) is 0 Å². The van der Waals surface area contributed by atoms with E-state index in [-0.39, 0.29) is 5.97 Å². The highest BCUT2D eigenvalue weighted by Crippen LogP contribution is 2.10. The zero-order valence-electron chi connectivity index (χ0n) is 11.3. The highest BCUT2D eigenvalue weighted by molar-refractivity contribution is 5.70. The molecule has 3 heteroatoms. The van der Waals surface area contributed by atoms with Crippen molar-refractivity contribution < 1.29 is 14.0 Å². The summed E-state index contributed by atoms with van der Waals surface area (Å²) in [6.07, 6.45) is 3.66. The molecular formula is C14H24NO2+. The Morgan fingerprint density at radius 1 is 1.35 bits per heavy atom. The van der Waals surface area contributed by atoms with Gasteiger partial charge in [0.15, 0.2) is 6.54 Å². The van der Waals surface area contributed by atoms with Crippen LogP contribution in [0.15, 0.2) is 12.7 Å². The number of carbonyl (C=O) groups is 1. The van der Waals surface area contributed by atoms with E-state index in [2.05, 4.69) is 32.3 Å². The number of esters is 1. The van der Waals surface area contributed by atoms with E-state index in [0.29, 0.717) is 17.6 Å². The van der Waals surface area contributed by atoms with E-state index in [1.807, 2.05) is 0 Å². The molecule has 0 amide bonds. The fraction of sp³-hybridized carbons (Fsp3) is 0.643. The fourth-order valence-corrected chi connectivity index (χ4v) is 2.06. The summed E-state index contributed by atoms with van der Waals surface area (Å²) >= 11 is 0. The van der Waals surface area contributed by atoms with Crippen molar-refractivity contribution in [3.63, 3.8) is 0 Å². The van der Waals surface area contributed by atoms with Gasteiger partial charge in [0.25, 0.3) is 0 Å². The van der Waals surface area contributed by atoms with Gasteiger partial charge in [-0.05, 0) is 24.8 Å². The van der Waals surface area contributed by atoms with Crippen molar-refractivity contribution in [1.82, 2.24) is 0 Å². The molecule has 17 heavy (non-hydrogen) atoms. The van der Waals surface area contributed by atoms with E-state index in [9.17, 15) is 4.79 Å². The molecule has 0 aromatic carbocycles. The van der Waals surface area contributed by atoms with Crippen molar-refractivity contribution in [3.8, 4) is 11.8 Å². The molecule has 0 heterocycles. The number of methoxy groups -OCH3 is 1. The quantitative estimate of drug-likeness (QED) is 0.385. The second-order valence-corrected chi connectivity index (χ2v) is 4.21. The maximum Gasteiger partial charge on any atom is 0.361 e. The molecule has 0 unspecified atom stereocenters. The molecule has 0 saturated heterocycles. The van der Waals surface area contributed by atoms with Crippen molar-refractivity contribution in [2.45, 2.75) is 26.7 Å². The Morgan fingerprint density at radius 2 is 1.94 bits per heavy atom. The van der Waals surface area contributed by atoms with Gasteiger partial charge in [0.1, 0.15) is 6.54 Å². The molecule has 0 fully saturated rings. The lowest BCUT2D eigenvalue weighted by atomic mass is 10.2. The third kappa shape index (κ3) is 6.13. The van der Waals surface area contributed by atoms with Crippen molar-refractivity contribution in [2.75, 3.05) is 33.3 Å². The molecule has 96 valence electrons. The number of quaternary nitrogens is 1. The molecule has 0 N–H and O–H groups in total. The molecule has 0 rings (SSSR count). The van der Waals surface area contributed by atoms with Gasteiger partial charge in [-0.1, -0.05) is 26.3 Å². The fourth-order valence-electron chi connectivity index (χ4n) is 2.06. The molecular weight excluding hydrogens is 214 g/mol. The van der Waals surface area contributed by atoms with Gasteiger partial charge < -0.3 is 9.22 Å². The highest BCUT2D eigenvalue weighted by atomic mass is 16.5. The number of carbonyl (C=O) groups excluding carboxylic acids is 1. The zero-order valence-corrected chi connectivity index (χ0v) is 11.3. The van der Waals surface area contributed by atoms with E-state index in [1.165, 1.54) is 7.11 Å². The number of hydrogen-bond donors (Lipinski definition) is 0. The standard InChI is InChI=1S/C14H24NO2/c1-5-8-9-12-15(10-6-2,11-7-3)13-14(16)17-4/h5H,1,6-7,10-13H2,2-4H3/q+1. The Balaban J connectivity index is 4.81. The summed E-state index contributed by atoms with van der Waals surface area (Å²) in [6.45, 7) is 10.8. The van der Waals surface area contributed by atoms with Crippen molar-refractivity contribution in [3.05, 3.63) is 12.7 Å². The minimum atomic E-state index is -0.160. The summed E-state index contributed by atoms with van der Waals surface area (Å²) in [6, 6.07) is 0. The first-order valence-corrected chi connectivity index (χ1v) is 6.15. The Bertz CT molecular complexity index is 293. The van der Waals surface area contributed by atoms with Crippen molar-refractivity contribution in [1.29, 1.82) is 0 Å². The number of allylic oxidation sites excluding steroid dienone is 1. The second-order valence-electron chi connectivity index (χ2n) is 4.21.